The second kappa shape index (κ2) is 8.38. The second-order valence-electron chi connectivity index (χ2n) is 7.60. The number of benzene rings is 1. The number of hydrogen-bond acceptors (Lipinski definition) is 8. The van der Waals surface area contributed by atoms with Crippen molar-refractivity contribution in [1.82, 2.24) is 20.2 Å². The Morgan fingerprint density at radius 3 is 2.78 bits per heavy atom. The van der Waals surface area contributed by atoms with E-state index < -0.39 is 0 Å². The zero-order valence-corrected chi connectivity index (χ0v) is 18.4. The molecule has 1 saturated heterocycles. The SMILES string of the molecule is COc1ccc(N2C(=O)C3CNNC3N=C2SCc2cc(=O)n3c(C)cccc3n2)cc1. The van der Waals surface area contributed by atoms with Crippen molar-refractivity contribution in [2.45, 2.75) is 18.8 Å². The van der Waals surface area contributed by atoms with Crippen LogP contribution in [0, 0.1) is 12.8 Å². The Morgan fingerprint density at radius 1 is 1.19 bits per heavy atom. The smallest absolute Gasteiger partial charge is 0.258 e. The van der Waals surface area contributed by atoms with E-state index in [1.807, 2.05) is 49.4 Å². The molecule has 0 radical (unpaired) electrons. The number of nitrogens with zero attached hydrogens (tertiary/aromatic N) is 4. The summed E-state index contributed by atoms with van der Waals surface area (Å²) in [7, 11) is 1.60. The minimum Gasteiger partial charge on any atom is -0.497 e. The average molecular weight is 451 g/mol. The number of amidine groups is 1. The Balaban J connectivity index is 1.46. The molecule has 0 saturated carbocycles. The highest BCUT2D eigenvalue weighted by molar-refractivity contribution is 8.13. The zero-order valence-electron chi connectivity index (χ0n) is 17.6. The maximum absolute atomic E-state index is 13.3. The number of pyridine rings is 1. The van der Waals surface area contributed by atoms with Gasteiger partial charge in [0.25, 0.3) is 5.56 Å². The number of nitrogens with one attached hydrogen (secondary N) is 2. The Morgan fingerprint density at radius 2 is 2.00 bits per heavy atom. The molecule has 2 aromatic heterocycles. The molecule has 10 heteroatoms. The maximum atomic E-state index is 13.3. The van der Waals surface area contributed by atoms with E-state index >= 15 is 0 Å². The van der Waals surface area contributed by atoms with Crippen LogP contribution in [0.5, 0.6) is 5.75 Å². The average Bonchev–Trinajstić information content (AvgIpc) is 3.27. The van der Waals surface area contributed by atoms with Crippen LogP contribution >= 0.6 is 11.8 Å². The van der Waals surface area contributed by atoms with E-state index in [2.05, 4.69) is 15.8 Å². The molecule has 32 heavy (non-hydrogen) atoms. The lowest BCUT2D eigenvalue weighted by atomic mass is 10.0. The van der Waals surface area contributed by atoms with Gasteiger partial charge in [-0.15, -0.1) is 0 Å². The van der Waals surface area contributed by atoms with E-state index in [-0.39, 0.29) is 23.6 Å². The minimum atomic E-state index is -0.322. The molecule has 1 aromatic carbocycles. The van der Waals surface area contributed by atoms with E-state index in [1.54, 1.807) is 16.4 Å². The lowest BCUT2D eigenvalue weighted by Gasteiger charge is -2.32. The number of aromatic nitrogens is 2. The number of aliphatic imine (C=N–C) groups is 1. The van der Waals surface area contributed by atoms with Gasteiger partial charge in [-0.1, -0.05) is 17.8 Å². The van der Waals surface area contributed by atoms with Crippen LogP contribution in [0.2, 0.25) is 0 Å². The van der Waals surface area contributed by atoms with Crippen LogP contribution in [0.15, 0.2) is 58.3 Å². The summed E-state index contributed by atoms with van der Waals surface area (Å²) in [5.74, 6) is 0.802. The van der Waals surface area contributed by atoms with Gasteiger partial charge in [0.2, 0.25) is 5.91 Å². The van der Waals surface area contributed by atoms with Gasteiger partial charge >= 0.3 is 0 Å². The number of hydrazine groups is 1. The summed E-state index contributed by atoms with van der Waals surface area (Å²) < 4.78 is 6.82. The van der Waals surface area contributed by atoms with Crippen molar-refractivity contribution >= 4 is 34.2 Å². The Hall–Kier alpha value is -3.21. The molecule has 3 aromatic rings. The van der Waals surface area contributed by atoms with Crippen LogP contribution in [-0.4, -0.2) is 40.3 Å². The standard InChI is InChI=1S/C22H22N6O3S/c1-13-4-3-5-18-24-14(10-19(29)27(13)18)12-32-22-25-20-17(11-23-26-20)21(30)28(22)15-6-8-16(31-2)9-7-15/h3-10,17,20,23,26H,11-12H2,1-2H3. The van der Waals surface area contributed by atoms with Gasteiger partial charge < -0.3 is 4.74 Å². The molecular weight excluding hydrogens is 428 g/mol. The first-order chi connectivity index (χ1) is 15.5. The third kappa shape index (κ3) is 3.66. The first-order valence-corrected chi connectivity index (χ1v) is 11.2. The molecule has 164 valence electrons. The molecule has 2 aliphatic rings. The van der Waals surface area contributed by atoms with Gasteiger partial charge in [0.05, 0.1) is 24.4 Å². The summed E-state index contributed by atoms with van der Waals surface area (Å²) in [6.45, 7) is 2.39. The van der Waals surface area contributed by atoms with Crippen LogP contribution in [0.1, 0.15) is 11.4 Å². The summed E-state index contributed by atoms with van der Waals surface area (Å²) in [4.78, 5) is 37.0. The van der Waals surface area contributed by atoms with Crippen molar-refractivity contribution in [3.05, 3.63) is 70.3 Å². The zero-order chi connectivity index (χ0) is 22.2. The number of amides is 1. The quantitative estimate of drug-likeness (QED) is 0.624. The van der Waals surface area contributed by atoms with Crippen molar-refractivity contribution in [3.63, 3.8) is 0 Å². The van der Waals surface area contributed by atoms with Gasteiger partial charge in [0.1, 0.15) is 17.6 Å². The summed E-state index contributed by atoms with van der Waals surface area (Å²) in [6.07, 6.45) is -0.322. The lowest BCUT2D eigenvalue weighted by molar-refractivity contribution is -0.121. The number of carbonyl (C=O) groups excluding carboxylic acids is 1. The van der Waals surface area contributed by atoms with E-state index in [1.165, 1.54) is 17.8 Å². The number of methoxy groups -OCH3 is 1. The van der Waals surface area contributed by atoms with Gasteiger partial charge in [-0.2, -0.15) is 0 Å². The predicted molar refractivity (Wildman–Crippen MR) is 124 cm³/mol. The van der Waals surface area contributed by atoms with Gasteiger partial charge in [-0.25, -0.2) is 15.4 Å². The van der Waals surface area contributed by atoms with Gasteiger partial charge in [0.15, 0.2) is 5.17 Å². The van der Waals surface area contributed by atoms with E-state index in [0.717, 1.165) is 11.4 Å². The third-order valence-corrected chi connectivity index (χ3v) is 6.53. The molecule has 1 fully saturated rings. The highest BCUT2D eigenvalue weighted by Crippen LogP contribution is 2.31. The van der Waals surface area contributed by atoms with Gasteiger partial charge in [0, 0.05) is 24.1 Å². The molecule has 9 nitrogen and oxygen atoms in total. The van der Waals surface area contributed by atoms with Crippen molar-refractivity contribution in [3.8, 4) is 5.75 Å². The van der Waals surface area contributed by atoms with E-state index in [4.69, 9.17) is 9.73 Å². The monoisotopic (exact) mass is 450 g/mol. The summed E-state index contributed by atoms with van der Waals surface area (Å²) >= 11 is 1.38. The Kier molecular flexibility index (Phi) is 5.41. The van der Waals surface area contributed by atoms with Gasteiger partial charge in [-0.3, -0.25) is 24.3 Å². The summed E-state index contributed by atoms with van der Waals surface area (Å²) in [6, 6.07) is 14.4. The van der Waals surface area contributed by atoms with E-state index in [9.17, 15) is 9.59 Å². The van der Waals surface area contributed by atoms with E-state index in [0.29, 0.717) is 34.6 Å². The number of thioether (sulfide) groups is 1. The number of rotatable bonds is 4. The highest BCUT2D eigenvalue weighted by Gasteiger charge is 2.42. The first kappa shape index (κ1) is 20.7. The predicted octanol–water partition coefficient (Wildman–Crippen LogP) is 1.70. The molecule has 2 atom stereocenters. The Bertz CT molecular complexity index is 1270. The van der Waals surface area contributed by atoms with Crippen molar-refractivity contribution < 1.29 is 9.53 Å². The highest BCUT2D eigenvalue weighted by atomic mass is 32.2. The fourth-order valence-corrected chi connectivity index (χ4v) is 4.85. The van der Waals surface area contributed by atoms with Crippen LogP contribution in [-0.2, 0) is 10.5 Å². The normalized spacial score (nSPS) is 20.4. The lowest BCUT2D eigenvalue weighted by Crippen LogP contribution is -2.49. The molecule has 2 aliphatic heterocycles. The Labute approximate surface area is 188 Å². The number of ether oxygens (including phenoxy) is 1. The molecule has 0 bridgehead atoms. The molecule has 2 unspecified atom stereocenters. The molecular formula is C22H22N6O3S. The largest absolute Gasteiger partial charge is 0.497 e. The fourth-order valence-electron chi connectivity index (χ4n) is 3.91. The summed E-state index contributed by atoms with van der Waals surface area (Å²) in [5.41, 5.74) is 8.74. The third-order valence-electron chi connectivity index (χ3n) is 5.54. The number of hydrogen-bond donors (Lipinski definition) is 2. The summed E-state index contributed by atoms with van der Waals surface area (Å²) in [5, 5.41) is 0.559. The minimum absolute atomic E-state index is 0.0302. The first-order valence-electron chi connectivity index (χ1n) is 10.2. The van der Waals surface area contributed by atoms with Crippen LogP contribution in [0.4, 0.5) is 5.69 Å². The van der Waals surface area contributed by atoms with Crippen LogP contribution in [0.25, 0.3) is 5.65 Å². The number of anilines is 1. The van der Waals surface area contributed by atoms with Gasteiger partial charge in [-0.05, 0) is 43.3 Å². The van der Waals surface area contributed by atoms with Crippen LogP contribution in [0.3, 0.4) is 0 Å². The molecule has 4 heterocycles. The fraction of sp³-hybridized carbons (Fsp3) is 0.273. The van der Waals surface area contributed by atoms with Crippen molar-refractivity contribution in [2.75, 3.05) is 18.6 Å². The molecule has 0 spiro atoms. The molecule has 1 amide bonds. The number of fused-ring (bicyclic) bond motifs is 2. The van der Waals surface area contributed by atoms with Crippen molar-refractivity contribution in [2.24, 2.45) is 10.9 Å². The molecule has 5 rings (SSSR count). The number of carbonyl (C=O) groups is 1. The molecule has 2 N–H and O–H groups in total. The molecule has 0 aliphatic carbocycles. The second-order valence-corrected chi connectivity index (χ2v) is 8.54. The topological polar surface area (TPSA) is 100 Å². The van der Waals surface area contributed by atoms with Crippen molar-refractivity contribution in [1.29, 1.82) is 0 Å². The number of aryl methyl sites for hydroxylation is 1. The maximum Gasteiger partial charge on any atom is 0.258 e. The van der Waals surface area contributed by atoms with Crippen LogP contribution < -0.4 is 26.0 Å².